The van der Waals surface area contributed by atoms with Crippen molar-refractivity contribution in [1.29, 1.82) is 0 Å². The summed E-state index contributed by atoms with van der Waals surface area (Å²) < 4.78 is 26.2. The zero-order valence-corrected chi connectivity index (χ0v) is 22.4. The molecular weight excluding hydrogens is 526 g/mol. The molecule has 9 heteroatoms. The number of nitrogens with one attached hydrogen (secondary N) is 3. The molecule has 3 atom stereocenters. The number of amides is 3. The predicted octanol–water partition coefficient (Wildman–Crippen LogP) is 2.91. The van der Waals surface area contributed by atoms with Crippen LogP contribution in [0.3, 0.4) is 0 Å². The fourth-order valence-electron chi connectivity index (χ4n) is 4.74. The normalized spacial score (nSPS) is 17.4. The zero-order valence-electron chi connectivity index (χ0n) is 21.6. The van der Waals surface area contributed by atoms with Gasteiger partial charge in [-0.3, -0.25) is 14.4 Å². The second kappa shape index (κ2) is 11.7. The number of β-lactam (4-membered cyclic amide) rings is 1. The molecule has 5 rings (SSSR count). The largest absolute Gasteiger partial charge is 0.344 e. The standard InChI is InChI=1S/C31H29N3O5S/c35-27(18-16-21-9-3-1-4-10-21)32-26(20-22-15-17-23-11-7-8-12-24(23)19-22)29(36)33-28-30(37)34-31(28)40(38,39)25-13-5-2-6-14-25/h1-15,17,19,26,28,31H,16,18,20H2,(H,32,35)(H,33,36)(H,34,37)/t26-,28-,31?/m0/s1. The van der Waals surface area contributed by atoms with Crippen LogP contribution in [0, 0.1) is 0 Å². The molecule has 1 aliphatic rings. The van der Waals surface area contributed by atoms with Crippen molar-refractivity contribution in [2.45, 2.75) is 41.6 Å². The van der Waals surface area contributed by atoms with Crippen molar-refractivity contribution < 1.29 is 22.8 Å². The molecule has 1 aliphatic heterocycles. The Morgan fingerprint density at radius 1 is 0.800 bits per heavy atom. The van der Waals surface area contributed by atoms with Gasteiger partial charge in [-0.05, 0) is 40.5 Å². The molecule has 1 unspecified atom stereocenters. The molecule has 0 saturated carbocycles. The van der Waals surface area contributed by atoms with Crippen LogP contribution in [0.4, 0.5) is 0 Å². The number of rotatable bonds is 10. The zero-order chi connectivity index (χ0) is 28.1. The molecule has 40 heavy (non-hydrogen) atoms. The highest BCUT2D eigenvalue weighted by Gasteiger charge is 2.49. The van der Waals surface area contributed by atoms with Crippen molar-refractivity contribution in [3.63, 3.8) is 0 Å². The van der Waals surface area contributed by atoms with Gasteiger partial charge in [0.25, 0.3) is 0 Å². The monoisotopic (exact) mass is 555 g/mol. The van der Waals surface area contributed by atoms with Gasteiger partial charge in [0.1, 0.15) is 12.1 Å². The quantitative estimate of drug-likeness (QED) is 0.260. The van der Waals surface area contributed by atoms with Crippen molar-refractivity contribution in [2.24, 2.45) is 0 Å². The van der Waals surface area contributed by atoms with E-state index in [0.29, 0.717) is 6.42 Å². The molecule has 1 fully saturated rings. The summed E-state index contributed by atoms with van der Waals surface area (Å²) in [6.07, 6.45) is 0.831. The smallest absolute Gasteiger partial charge is 0.246 e. The lowest BCUT2D eigenvalue weighted by atomic mass is 10.00. The number of sulfone groups is 1. The fraction of sp³-hybridized carbons (Fsp3) is 0.194. The highest BCUT2D eigenvalue weighted by molar-refractivity contribution is 7.92. The molecule has 0 aliphatic carbocycles. The molecule has 4 aromatic carbocycles. The minimum absolute atomic E-state index is 0.0428. The van der Waals surface area contributed by atoms with E-state index < -0.39 is 39.1 Å². The lowest BCUT2D eigenvalue weighted by Gasteiger charge is -2.37. The van der Waals surface area contributed by atoms with Crippen LogP contribution in [0.15, 0.2) is 108 Å². The van der Waals surface area contributed by atoms with Gasteiger partial charge in [0.2, 0.25) is 27.6 Å². The van der Waals surface area contributed by atoms with Crippen LogP contribution in [-0.2, 0) is 37.1 Å². The van der Waals surface area contributed by atoms with E-state index in [1.165, 1.54) is 12.1 Å². The molecular formula is C31H29N3O5S. The summed E-state index contributed by atoms with van der Waals surface area (Å²) >= 11 is 0. The highest BCUT2D eigenvalue weighted by atomic mass is 32.2. The topological polar surface area (TPSA) is 121 Å². The fourth-order valence-corrected chi connectivity index (χ4v) is 6.39. The number of aryl methyl sites for hydroxylation is 1. The summed E-state index contributed by atoms with van der Waals surface area (Å²) in [4.78, 5) is 38.8. The van der Waals surface area contributed by atoms with Crippen LogP contribution in [-0.4, -0.2) is 43.6 Å². The van der Waals surface area contributed by atoms with Gasteiger partial charge >= 0.3 is 0 Å². The van der Waals surface area contributed by atoms with Crippen molar-refractivity contribution in [2.75, 3.05) is 0 Å². The second-order valence-electron chi connectivity index (χ2n) is 9.76. The number of carbonyl (C=O) groups excluding carboxylic acids is 3. The van der Waals surface area contributed by atoms with Crippen LogP contribution in [0.5, 0.6) is 0 Å². The highest BCUT2D eigenvalue weighted by Crippen LogP contribution is 2.22. The van der Waals surface area contributed by atoms with Gasteiger partial charge < -0.3 is 16.0 Å². The van der Waals surface area contributed by atoms with Gasteiger partial charge in [-0.1, -0.05) is 91.0 Å². The molecule has 0 spiro atoms. The summed E-state index contributed by atoms with van der Waals surface area (Å²) in [5.41, 5.74) is 1.81. The third-order valence-corrected chi connectivity index (χ3v) is 8.95. The van der Waals surface area contributed by atoms with E-state index in [1.54, 1.807) is 18.2 Å². The first-order valence-corrected chi connectivity index (χ1v) is 14.6. The van der Waals surface area contributed by atoms with Crippen LogP contribution in [0.1, 0.15) is 17.5 Å². The first-order valence-electron chi connectivity index (χ1n) is 13.0. The number of fused-ring (bicyclic) bond motifs is 1. The Labute approximate surface area is 232 Å². The number of hydrogen-bond acceptors (Lipinski definition) is 5. The Hall–Kier alpha value is -4.50. The maximum atomic E-state index is 13.5. The molecule has 1 saturated heterocycles. The van der Waals surface area contributed by atoms with Gasteiger partial charge in [0.05, 0.1) is 4.90 Å². The lowest BCUT2D eigenvalue weighted by Crippen LogP contribution is -2.72. The summed E-state index contributed by atoms with van der Waals surface area (Å²) in [6.45, 7) is 0. The van der Waals surface area contributed by atoms with Gasteiger partial charge in [-0.15, -0.1) is 0 Å². The SMILES string of the molecule is O=C(CCc1ccccc1)N[C@@H](Cc1ccc2ccccc2c1)C(=O)N[C@H]1C(=O)NC1S(=O)(=O)c1ccccc1. The van der Waals surface area contributed by atoms with E-state index >= 15 is 0 Å². The average Bonchev–Trinajstić information content (AvgIpc) is 2.98. The van der Waals surface area contributed by atoms with Crippen molar-refractivity contribution in [3.8, 4) is 0 Å². The van der Waals surface area contributed by atoms with Crippen LogP contribution in [0.25, 0.3) is 10.8 Å². The minimum atomic E-state index is -3.94. The Bertz CT molecular complexity index is 1640. The minimum Gasteiger partial charge on any atom is -0.344 e. The number of hydrogen-bond donors (Lipinski definition) is 3. The third kappa shape index (κ3) is 6.05. The number of carbonyl (C=O) groups is 3. The molecule has 204 valence electrons. The Morgan fingerprint density at radius 3 is 2.15 bits per heavy atom. The Balaban J connectivity index is 1.33. The molecule has 0 radical (unpaired) electrons. The van der Waals surface area contributed by atoms with Crippen molar-refractivity contribution in [3.05, 3.63) is 114 Å². The van der Waals surface area contributed by atoms with Gasteiger partial charge in [-0.2, -0.15) is 0 Å². The summed E-state index contributed by atoms with van der Waals surface area (Å²) in [5, 5.41) is 8.51. The van der Waals surface area contributed by atoms with E-state index in [-0.39, 0.29) is 23.6 Å². The molecule has 0 aromatic heterocycles. The van der Waals surface area contributed by atoms with E-state index in [4.69, 9.17) is 0 Å². The van der Waals surface area contributed by atoms with E-state index in [2.05, 4.69) is 16.0 Å². The molecule has 3 amide bonds. The summed E-state index contributed by atoms with van der Waals surface area (Å²) in [5.74, 6) is -1.55. The van der Waals surface area contributed by atoms with Crippen LogP contribution < -0.4 is 16.0 Å². The first-order chi connectivity index (χ1) is 19.3. The average molecular weight is 556 g/mol. The summed E-state index contributed by atoms with van der Waals surface area (Å²) in [7, 11) is -3.94. The molecule has 3 N–H and O–H groups in total. The van der Waals surface area contributed by atoms with Gasteiger partial charge in [0.15, 0.2) is 5.37 Å². The predicted molar refractivity (Wildman–Crippen MR) is 152 cm³/mol. The van der Waals surface area contributed by atoms with E-state index in [0.717, 1.165) is 21.9 Å². The Kier molecular flexibility index (Phi) is 7.93. The summed E-state index contributed by atoms with van der Waals surface area (Å²) in [6, 6.07) is 28.6. The van der Waals surface area contributed by atoms with Crippen LogP contribution >= 0.6 is 0 Å². The van der Waals surface area contributed by atoms with E-state index in [9.17, 15) is 22.8 Å². The van der Waals surface area contributed by atoms with Gasteiger partial charge in [0, 0.05) is 12.8 Å². The van der Waals surface area contributed by atoms with Crippen LogP contribution in [0.2, 0.25) is 0 Å². The number of benzene rings is 4. The molecule has 1 heterocycles. The maximum absolute atomic E-state index is 13.5. The Morgan fingerprint density at radius 2 is 1.45 bits per heavy atom. The molecule has 4 aromatic rings. The van der Waals surface area contributed by atoms with Crippen molar-refractivity contribution >= 4 is 38.3 Å². The maximum Gasteiger partial charge on any atom is 0.246 e. The molecule has 8 nitrogen and oxygen atoms in total. The second-order valence-corrected chi connectivity index (χ2v) is 11.8. The first kappa shape index (κ1) is 27.1. The van der Waals surface area contributed by atoms with E-state index in [1.807, 2.05) is 72.8 Å². The lowest BCUT2D eigenvalue weighted by molar-refractivity contribution is -0.136. The third-order valence-electron chi connectivity index (χ3n) is 6.96. The molecule has 0 bridgehead atoms. The van der Waals surface area contributed by atoms with Crippen molar-refractivity contribution in [1.82, 2.24) is 16.0 Å². The van der Waals surface area contributed by atoms with Gasteiger partial charge in [-0.25, -0.2) is 8.42 Å².